The fraction of sp³-hybridized carbons (Fsp3) is 0.357. The van der Waals surface area contributed by atoms with Gasteiger partial charge in [0.05, 0.1) is 6.04 Å². The number of rotatable bonds is 4. The molecule has 1 unspecified atom stereocenters. The highest BCUT2D eigenvalue weighted by Crippen LogP contribution is 2.26. The van der Waals surface area contributed by atoms with E-state index in [1.54, 1.807) is 11.3 Å². The summed E-state index contributed by atoms with van der Waals surface area (Å²) in [4.78, 5) is 12.0. The van der Waals surface area contributed by atoms with E-state index in [2.05, 4.69) is 17.5 Å². The average molecular weight is 247 g/mol. The summed E-state index contributed by atoms with van der Waals surface area (Å²) >= 11 is 1.68. The molecule has 17 heavy (non-hydrogen) atoms. The Bertz CT molecular complexity index is 530. The zero-order valence-corrected chi connectivity index (χ0v) is 11.0. The Morgan fingerprint density at radius 3 is 2.76 bits per heavy atom. The van der Waals surface area contributed by atoms with Crippen LogP contribution in [0.4, 0.5) is 0 Å². The molecule has 1 atom stereocenters. The molecule has 0 amide bonds. The molecule has 2 aromatic rings. The summed E-state index contributed by atoms with van der Waals surface area (Å²) < 4.78 is 1.23. The normalized spacial score (nSPS) is 13.2. The maximum atomic E-state index is 12.0. The summed E-state index contributed by atoms with van der Waals surface area (Å²) in [5, 5.41) is 3.25. The number of hydrogen-bond acceptors (Lipinski definition) is 3. The second-order valence-corrected chi connectivity index (χ2v) is 5.58. The number of carbonyl (C=O) groups is 1. The first-order valence-corrected chi connectivity index (χ1v) is 6.71. The van der Waals surface area contributed by atoms with Crippen LogP contribution in [0.3, 0.4) is 0 Å². The van der Waals surface area contributed by atoms with E-state index in [1.165, 1.54) is 10.1 Å². The molecule has 90 valence electrons. The maximum absolute atomic E-state index is 12.0. The van der Waals surface area contributed by atoms with Crippen LogP contribution in [-0.2, 0) is 11.2 Å². The number of Topliss-reactive ketones (excluding diaryl/α,β-unsaturated/α-hetero) is 1. The summed E-state index contributed by atoms with van der Waals surface area (Å²) in [6.07, 6.45) is 0.448. The fourth-order valence-corrected chi connectivity index (χ4v) is 2.81. The third kappa shape index (κ3) is 2.56. The summed E-state index contributed by atoms with van der Waals surface area (Å²) in [6.45, 7) is 3.96. The van der Waals surface area contributed by atoms with Gasteiger partial charge < -0.3 is 5.73 Å². The molecule has 0 saturated heterocycles. The van der Waals surface area contributed by atoms with Crippen molar-refractivity contribution in [3.8, 4) is 0 Å². The van der Waals surface area contributed by atoms with Gasteiger partial charge in [-0.25, -0.2) is 0 Å². The van der Waals surface area contributed by atoms with Crippen LogP contribution >= 0.6 is 11.3 Å². The van der Waals surface area contributed by atoms with E-state index >= 15 is 0 Å². The van der Waals surface area contributed by atoms with Crippen LogP contribution in [0.5, 0.6) is 0 Å². The molecular formula is C14H17NOS. The average Bonchev–Trinajstić information content (AvgIpc) is 2.71. The number of ketones is 1. The zero-order chi connectivity index (χ0) is 12.4. The highest BCUT2D eigenvalue weighted by atomic mass is 32.1. The molecular weight excluding hydrogens is 230 g/mol. The lowest BCUT2D eigenvalue weighted by molar-refractivity contribution is -0.120. The molecule has 1 heterocycles. The summed E-state index contributed by atoms with van der Waals surface area (Å²) in [5.74, 6) is 0.330. The Balaban J connectivity index is 2.22. The third-order valence-corrected chi connectivity index (χ3v) is 4.03. The van der Waals surface area contributed by atoms with Gasteiger partial charge in [-0.2, -0.15) is 0 Å². The second kappa shape index (κ2) is 4.98. The molecule has 0 aliphatic heterocycles. The highest BCUT2D eigenvalue weighted by molar-refractivity contribution is 7.17. The number of fused-ring (bicyclic) bond motifs is 1. The van der Waals surface area contributed by atoms with Crippen molar-refractivity contribution in [3.05, 3.63) is 35.2 Å². The van der Waals surface area contributed by atoms with Gasteiger partial charge in [0.15, 0.2) is 5.78 Å². The van der Waals surface area contributed by atoms with Crippen molar-refractivity contribution in [3.63, 3.8) is 0 Å². The topological polar surface area (TPSA) is 43.1 Å². The molecule has 0 spiro atoms. The predicted molar refractivity (Wildman–Crippen MR) is 73.3 cm³/mol. The van der Waals surface area contributed by atoms with Crippen LogP contribution in [0, 0.1) is 5.92 Å². The SMILES string of the molecule is CC(C)C(N)C(=O)Cc1csc2ccccc12. The van der Waals surface area contributed by atoms with Crippen molar-refractivity contribution in [1.82, 2.24) is 0 Å². The minimum absolute atomic E-state index is 0.128. The van der Waals surface area contributed by atoms with Crippen LogP contribution in [0.15, 0.2) is 29.6 Å². The molecule has 0 aliphatic rings. The molecule has 0 radical (unpaired) electrons. The number of carbonyl (C=O) groups excluding carboxylic acids is 1. The van der Waals surface area contributed by atoms with E-state index < -0.39 is 0 Å². The number of benzene rings is 1. The van der Waals surface area contributed by atoms with Gasteiger partial charge in [-0.3, -0.25) is 4.79 Å². The summed E-state index contributed by atoms with van der Waals surface area (Å²) in [7, 11) is 0. The lowest BCUT2D eigenvalue weighted by atomic mass is 9.96. The van der Waals surface area contributed by atoms with Crippen molar-refractivity contribution in [2.45, 2.75) is 26.3 Å². The predicted octanol–water partition coefficient (Wildman–Crippen LogP) is 3.00. The van der Waals surface area contributed by atoms with E-state index in [0.29, 0.717) is 6.42 Å². The summed E-state index contributed by atoms with van der Waals surface area (Å²) in [6, 6.07) is 7.81. The fourth-order valence-electron chi connectivity index (χ4n) is 1.85. The van der Waals surface area contributed by atoms with Crippen molar-refractivity contribution in [2.75, 3.05) is 0 Å². The Labute approximate surface area is 105 Å². The zero-order valence-electron chi connectivity index (χ0n) is 10.1. The van der Waals surface area contributed by atoms with Gasteiger partial charge >= 0.3 is 0 Å². The van der Waals surface area contributed by atoms with Crippen molar-refractivity contribution in [1.29, 1.82) is 0 Å². The smallest absolute Gasteiger partial charge is 0.154 e. The number of hydrogen-bond donors (Lipinski definition) is 1. The molecule has 1 aromatic heterocycles. The van der Waals surface area contributed by atoms with Gasteiger partial charge in [-0.15, -0.1) is 11.3 Å². The van der Waals surface area contributed by atoms with Crippen molar-refractivity contribution >= 4 is 27.2 Å². The maximum Gasteiger partial charge on any atom is 0.154 e. The van der Waals surface area contributed by atoms with Gasteiger partial charge in [0.2, 0.25) is 0 Å². The molecule has 2 N–H and O–H groups in total. The van der Waals surface area contributed by atoms with E-state index in [0.717, 1.165) is 5.56 Å². The van der Waals surface area contributed by atoms with E-state index in [-0.39, 0.29) is 17.7 Å². The largest absolute Gasteiger partial charge is 0.321 e. The van der Waals surface area contributed by atoms with Crippen LogP contribution < -0.4 is 5.73 Å². The van der Waals surface area contributed by atoms with E-state index in [1.807, 2.05) is 26.0 Å². The monoisotopic (exact) mass is 247 g/mol. The minimum Gasteiger partial charge on any atom is -0.321 e. The summed E-state index contributed by atoms with van der Waals surface area (Å²) in [5.41, 5.74) is 6.98. The Morgan fingerprint density at radius 2 is 2.06 bits per heavy atom. The molecule has 0 aliphatic carbocycles. The lowest BCUT2D eigenvalue weighted by Crippen LogP contribution is -2.36. The molecule has 2 nitrogen and oxygen atoms in total. The quantitative estimate of drug-likeness (QED) is 0.902. The molecule has 3 heteroatoms. The molecule has 0 bridgehead atoms. The van der Waals surface area contributed by atoms with Crippen LogP contribution in [-0.4, -0.2) is 11.8 Å². The first-order valence-electron chi connectivity index (χ1n) is 5.83. The highest BCUT2D eigenvalue weighted by Gasteiger charge is 2.18. The van der Waals surface area contributed by atoms with E-state index in [9.17, 15) is 4.79 Å². The van der Waals surface area contributed by atoms with Gasteiger partial charge in [0, 0.05) is 11.1 Å². The van der Waals surface area contributed by atoms with E-state index in [4.69, 9.17) is 5.73 Å². The Kier molecular flexibility index (Phi) is 3.60. The van der Waals surface area contributed by atoms with Gasteiger partial charge in [-0.05, 0) is 28.3 Å². The van der Waals surface area contributed by atoms with Crippen LogP contribution in [0.1, 0.15) is 19.4 Å². The van der Waals surface area contributed by atoms with Crippen molar-refractivity contribution < 1.29 is 4.79 Å². The lowest BCUT2D eigenvalue weighted by Gasteiger charge is -2.13. The standard InChI is InChI=1S/C14H17NOS/c1-9(2)14(15)12(16)7-10-8-17-13-6-4-3-5-11(10)13/h3-6,8-9,14H,7,15H2,1-2H3. The first-order chi connectivity index (χ1) is 8.09. The third-order valence-electron chi connectivity index (χ3n) is 3.02. The first kappa shape index (κ1) is 12.3. The Hall–Kier alpha value is -1.19. The van der Waals surface area contributed by atoms with Gasteiger partial charge in [0.1, 0.15) is 0 Å². The van der Waals surface area contributed by atoms with Crippen molar-refractivity contribution in [2.24, 2.45) is 11.7 Å². The van der Waals surface area contributed by atoms with Crippen LogP contribution in [0.2, 0.25) is 0 Å². The number of nitrogens with two attached hydrogens (primary N) is 1. The minimum atomic E-state index is -0.353. The molecule has 2 rings (SSSR count). The van der Waals surface area contributed by atoms with Crippen LogP contribution in [0.25, 0.3) is 10.1 Å². The van der Waals surface area contributed by atoms with Gasteiger partial charge in [0.25, 0.3) is 0 Å². The number of thiophene rings is 1. The van der Waals surface area contributed by atoms with Gasteiger partial charge in [-0.1, -0.05) is 32.0 Å². The molecule has 0 saturated carbocycles. The molecule has 0 fully saturated rings. The molecule has 1 aromatic carbocycles. The Morgan fingerprint density at radius 1 is 1.35 bits per heavy atom. The second-order valence-electron chi connectivity index (χ2n) is 4.67.